The molecule has 7 nitrogen and oxygen atoms in total. The van der Waals surface area contributed by atoms with E-state index < -0.39 is 0 Å². The van der Waals surface area contributed by atoms with Crippen molar-refractivity contribution < 1.29 is 4.79 Å². The van der Waals surface area contributed by atoms with E-state index in [2.05, 4.69) is 20.7 Å². The monoisotopic (exact) mass is 314 g/mol. The first-order valence-corrected chi connectivity index (χ1v) is 8.06. The Morgan fingerprint density at radius 3 is 2.87 bits per heavy atom. The van der Waals surface area contributed by atoms with Gasteiger partial charge < -0.3 is 16.0 Å². The van der Waals surface area contributed by atoms with Crippen LogP contribution in [0.4, 0.5) is 5.69 Å². The zero-order valence-corrected chi connectivity index (χ0v) is 13.3. The van der Waals surface area contributed by atoms with Gasteiger partial charge in [0.15, 0.2) is 5.65 Å². The molecule has 2 aromatic rings. The number of aromatic nitrogens is 3. The SMILES string of the molecule is CNC(=O)c1cnc2c(cnn2CC=N)c1NC1CCCCC1. The van der Waals surface area contributed by atoms with E-state index in [-0.39, 0.29) is 5.91 Å². The summed E-state index contributed by atoms with van der Waals surface area (Å²) in [5.74, 6) is -0.155. The quantitative estimate of drug-likeness (QED) is 0.737. The molecule has 0 bridgehead atoms. The molecule has 3 rings (SSSR count). The smallest absolute Gasteiger partial charge is 0.254 e. The van der Waals surface area contributed by atoms with Crippen molar-refractivity contribution in [3.8, 4) is 0 Å². The normalized spacial score (nSPS) is 15.5. The van der Waals surface area contributed by atoms with E-state index in [0.29, 0.717) is 23.8 Å². The summed E-state index contributed by atoms with van der Waals surface area (Å²) >= 11 is 0. The summed E-state index contributed by atoms with van der Waals surface area (Å²) in [7, 11) is 1.62. The van der Waals surface area contributed by atoms with Gasteiger partial charge in [-0.25, -0.2) is 9.67 Å². The van der Waals surface area contributed by atoms with E-state index in [9.17, 15) is 4.79 Å². The molecule has 1 amide bonds. The van der Waals surface area contributed by atoms with Crippen molar-refractivity contribution in [2.45, 2.75) is 44.7 Å². The van der Waals surface area contributed by atoms with Crippen molar-refractivity contribution in [2.24, 2.45) is 0 Å². The fourth-order valence-electron chi connectivity index (χ4n) is 3.16. The molecule has 7 heteroatoms. The fourth-order valence-corrected chi connectivity index (χ4v) is 3.16. The van der Waals surface area contributed by atoms with Crippen LogP contribution in [0.3, 0.4) is 0 Å². The van der Waals surface area contributed by atoms with Gasteiger partial charge in [-0.15, -0.1) is 0 Å². The number of anilines is 1. The molecule has 0 aliphatic heterocycles. The molecule has 0 unspecified atom stereocenters. The Morgan fingerprint density at radius 1 is 1.39 bits per heavy atom. The molecule has 1 fully saturated rings. The lowest BCUT2D eigenvalue weighted by atomic mass is 9.95. The number of fused-ring (bicyclic) bond motifs is 1. The third-order valence-electron chi connectivity index (χ3n) is 4.36. The molecule has 3 N–H and O–H groups in total. The minimum atomic E-state index is -0.155. The van der Waals surface area contributed by atoms with Crippen molar-refractivity contribution in [3.63, 3.8) is 0 Å². The first kappa shape index (κ1) is 15.5. The third kappa shape index (κ3) is 3.04. The maximum Gasteiger partial charge on any atom is 0.254 e. The highest BCUT2D eigenvalue weighted by Gasteiger charge is 2.21. The van der Waals surface area contributed by atoms with Crippen LogP contribution < -0.4 is 10.6 Å². The summed E-state index contributed by atoms with van der Waals surface area (Å²) in [5, 5.41) is 18.6. The van der Waals surface area contributed by atoms with Crippen LogP contribution in [-0.2, 0) is 6.54 Å². The highest BCUT2D eigenvalue weighted by Crippen LogP contribution is 2.29. The van der Waals surface area contributed by atoms with Gasteiger partial charge in [0.05, 0.1) is 29.4 Å². The number of hydrogen-bond donors (Lipinski definition) is 3. The molecule has 0 atom stereocenters. The topological polar surface area (TPSA) is 95.7 Å². The van der Waals surface area contributed by atoms with Crippen LogP contribution in [0.25, 0.3) is 11.0 Å². The number of carbonyl (C=O) groups excluding carboxylic acids is 1. The van der Waals surface area contributed by atoms with Gasteiger partial charge in [-0.3, -0.25) is 4.79 Å². The Bertz CT molecular complexity index is 717. The Morgan fingerprint density at radius 2 is 2.17 bits per heavy atom. The van der Waals surface area contributed by atoms with E-state index in [1.807, 2.05) is 0 Å². The number of rotatable bonds is 5. The second-order valence-electron chi connectivity index (χ2n) is 5.87. The molecular formula is C16H22N6O. The van der Waals surface area contributed by atoms with Gasteiger partial charge in [0, 0.05) is 25.5 Å². The molecule has 1 aliphatic rings. The molecule has 122 valence electrons. The van der Waals surface area contributed by atoms with Gasteiger partial charge in [0.2, 0.25) is 0 Å². The van der Waals surface area contributed by atoms with Gasteiger partial charge in [-0.05, 0) is 12.8 Å². The molecule has 0 spiro atoms. The lowest BCUT2D eigenvalue weighted by Gasteiger charge is -2.25. The van der Waals surface area contributed by atoms with Crippen LogP contribution in [0.15, 0.2) is 12.4 Å². The Balaban J connectivity index is 2.05. The van der Waals surface area contributed by atoms with Crippen molar-refractivity contribution in [1.29, 1.82) is 5.41 Å². The zero-order valence-electron chi connectivity index (χ0n) is 13.3. The molecule has 0 saturated heterocycles. The average molecular weight is 314 g/mol. The predicted octanol–water partition coefficient (Wildman–Crippen LogP) is 2.19. The second kappa shape index (κ2) is 6.76. The highest BCUT2D eigenvalue weighted by molar-refractivity contribution is 6.06. The predicted molar refractivity (Wildman–Crippen MR) is 90.2 cm³/mol. The van der Waals surface area contributed by atoms with Crippen LogP contribution >= 0.6 is 0 Å². The second-order valence-corrected chi connectivity index (χ2v) is 5.87. The minimum absolute atomic E-state index is 0.155. The number of nitrogens with one attached hydrogen (secondary N) is 3. The van der Waals surface area contributed by atoms with Gasteiger partial charge in [0.25, 0.3) is 5.91 Å². The van der Waals surface area contributed by atoms with E-state index in [4.69, 9.17) is 5.41 Å². The van der Waals surface area contributed by atoms with Crippen LogP contribution in [0, 0.1) is 5.41 Å². The lowest BCUT2D eigenvalue weighted by Crippen LogP contribution is -2.26. The molecular weight excluding hydrogens is 292 g/mol. The summed E-state index contributed by atoms with van der Waals surface area (Å²) in [6.07, 6.45) is 10.6. The van der Waals surface area contributed by atoms with Crippen LogP contribution in [-0.4, -0.2) is 40.0 Å². The van der Waals surface area contributed by atoms with Crippen molar-refractivity contribution in [1.82, 2.24) is 20.1 Å². The maximum atomic E-state index is 12.2. The first-order chi connectivity index (χ1) is 11.2. The summed E-state index contributed by atoms with van der Waals surface area (Å²) in [5.41, 5.74) is 2.04. The van der Waals surface area contributed by atoms with E-state index in [0.717, 1.165) is 23.9 Å². The van der Waals surface area contributed by atoms with Gasteiger partial charge in [0.1, 0.15) is 0 Å². The molecule has 1 saturated carbocycles. The molecule has 23 heavy (non-hydrogen) atoms. The largest absolute Gasteiger partial charge is 0.381 e. The van der Waals surface area contributed by atoms with Gasteiger partial charge in [-0.1, -0.05) is 19.3 Å². The minimum Gasteiger partial charge on any atom is -0.381 e. The number of hydrogen-bond acceptors (Lipinski definition) is 5. The number of carbonyl (C=O) groups is 1. The third-order valence-corrected chi connectivity index (χ3v) is 4.36. The van der Waals surface area contributed by atoms with Crippen molar-refractivity contribution in [2.75, 3.05) is 12.4 Å². The molecule has 2 aromatic heterocycles. The highest BCUT2D eigenvalue weighted by atomic mass is 16.1. The zero-order chi connectivity index (χ0) is 16.2. The molecule has 0 radical (unpaired) electrons. The summed E-state index contributed by atoms with van der Waals surface area (Å²) in [6, 6.07) is 0.379. The number of nitrogens with zero attached hydrogens (tertiary/aromatic N) is 3. The first-order valence-electron chi connectivity index (χ1n) is 8.06. The van der Waals surface area contributed by atoms with Crippen molar-refractivity contribution in [3.05, 3.63) is 18.0 Å². The van der Waals surface area contributed by atoms with Gasteiger partial charge >= 0.3 is 0 Å². The number of amides is 1. The summed E-state index contributed by atoms with van der Waals surface area (Å²) in [6.45, 7) is 0.374. The standard InChI is InChI=1S/C16H22N6O/c1-18-16(23)13-9-19-15-12(10-20-22(15)8-7-17)14(13)21-11-5-3-2-4-6-11/h7,9-11,17H,2-6,8H2,1H3,(H,18,23)(H,19,21). The summed E-state index contributed by atoms with van der Waals surface area (Å²) < 4.78 is 1.67. The lowest BCUT2D eigenvalue weighted by molar-refractivity contribution is 0.0963. The Hall–Kier alpha value is -2.44. The van der Waals surface area contributed by atoms with Crippen LogP contribution in [0.1, 0.15) is 42.5 Å². The molecule has 1 aliphatic carbocycles. The average Bonchev–Trinajstić information content (AvgIpc) is 2.99. The number of pyridine rings is 1. The van der Waals surface area contributed by atoms with Crippen LogP contribution in [0.5, 0.6) is 0 Å². The summed E-state index contributed by atoms with van der Waals surface area (Å²) in [4.78, 5) is 16.6. The van der Waals surface area contributed by atoms with Gasteiger partial charge in [-0.2, -0.15) is 5.10 Å². The maximum absolute atomic E-state index is 12.2. The van der Waals surface area contributed by atoms with E-state index >= 15 is 0 Å². The van der Waals surface area contributed by atoms with Crippen LogP contribution in [0.2, 0.25) is 0 Å². The molecule has 0 aromatic carbocycles. The van der Waals surface area contributed by atoms with E-state index in [1.54, 1.807) is 24.1 Å². The Kier molecular flexibility index (Phi) is 4.55. The van der Waals surface area contributed by atoms with Crippen molar-refractivity contribution >= 4 is 28.8 Å². The fraction of sp³-hybridized carbons (Fsp3) is 0.500. The van der Waals surface area contributed by atoms with E-state index in [1.165, 1.54) is 25.5 Å². The Labute approximate surface area is 135 Å². The molecule has 2 heterocycles.